The van der Waals surface area contributed by atoms with Crippen LogP contribution < -0.4 is 5.73 Å². The molecule has 2 aromatic heterocycles. The quantitative estimate of drug-likeness (QED) is 0.755. The standard InChI is InChI=1S/C14H13F3N4O2S/c1-22-6-7(18)5-10-19-12(21-23-10)8-3-2-4-9-11(8)20-13(24-9)14(15,16)17/h2-4,7H,5-6,18H2,1H3/t7-/m1/s1. The monoisotopic (exact) mass is 358 g/mol. The molecule has 0 unspecified atom stereocenters. The van der Waals surface area contributed by atoms with Crippen molar-refractivity contribution in [3.8, 4) is 11.4 Å². The zero-order chi connectivity index (χ0) is 17.3. The van der Waals surface area contributed by atoms with Crippen LogP contribution >= 0.6 is 11.3 Å². The summed E-state index contributed by atoms with van der Waals surface area (Å²) in [6.07, 6.45) is -4.18. The number of thiazole rings is 1. The van der Waals surface area contributed by atoms with Crippen LogP contribution in [-0.4, -0.2) is 34.9 Å². The van der Waals surface area contributed by atoms with Crippen molar-refractivity contribution < 1.29 is 22.4 Å². The number of alkyl halides is 3. The summed E-state index contributed by atoms with van der Waals surface area (Å²) in [6.45, 7) is 0.328. The zero-order valence-electron chi connectivity index (χ0n) is 12.5. The van der Waals surface area contributed by atoms with Crippen LogP contribution in [0, 0.1) is 0 Å². The third-order valence-electron chi connectivity index (χ3n) is 3.19. The van der Waals surface area contributed by atoms with Gasteiger partial charge >= 0.3 is 6.18 Å². The van der Waals surface area contributed by atoms with Crippen LogP contribution in [0.1, 0.15) is 10.9 Å². The number of nitrogens with zero attached hydrogens (tertiary/aromatic N) is 3. The first-order valence-corrected chi connectivity index (χ1v) is 7.74. The number of nitrogens with two attached hydrogens (primary N) is 1. The second-order valence-corrected chi connectivity index (χ2v) is 6.13. The Hall–Kier alpha value is -2.04. The van der Waals surface area contributed by atoms with Gasteiger partial charge in [0.05, 0.1) is 16.8 Å². The summed E-state index contributed by atoms with van der Waals surface area (Å²) in [5.41, 5.74) is 6.40. The first-order chi connectivity index (χ1) is 11.4. The van der Waals surface area contributed by atoms with Gasteiger partial charge in [-0.3, -0.25) is 0 Å². The molecule has 0 fully saturated rings. The minimum Gasteiger partial charge on any atom is -0.383 e. The maximum Gasteiger partial charge on any atom is 0.443 e. The molecule has 2 heterocycles. The second kappa shape index (κ2) is 6.46. The van der Waals surface area contributed by atoms with E-state index in [-0.39, 0.29) is 23.3 Å². The van der Waals surface area contributed by atoms with Gasteiger partial charge in [-0.15, -0.1) is 11.3 Å². The highest BCUT2D eigenvalue weighted by molar-refractivity contribution is 7.18. The topological polar surface area (TPSA) is 87.1 Å². The van der Waals surface area contributed by atoms with E-state index in [9.17, 15) is 13.2 Å². The predicted molar refractivity (Wildman–Crippen MR) is 81.5 cm³/mol. The van der Waals surface area contributed by atoms with Crippen molar-refractivity contribution in [1.29, 1.82) is 0 Å². The number of hydrogen-bond acceptors (Lipinski definition) is 7. The fourth-order valence-electron chi connectivity index (χ4n) is 2.19. The Labute approximate surface area is 138 Å². The summed E-state index contributed by atoms with van der Waals surface area (Å²) in [6, 6.07) is 4.49. The number of halogens is 3. The summed E-state index contributed by atoms with van der Waals surface area (Å²) in [4.78, 5) is 7.88. The van der Waals surface area contributed by atoms with Crippen molar-refractivity contribution in [2.75, 3.05) is 13.7 Å². The van der Waals surface area contributed by atoms with Crippen molar-refractivity contribution in [1.82, 2.24) is 15.1 Å². The third-order valence-corrected chi connectivity index (χ3v) is 4.25. The summed E-state index contributed by atoms with van der Waals surface area (Å²) < 4.78 is 49.0. The number of fused-ring (bicyclic) bond motifs is 1. The number of benzene rings is 1. The molecule has 3 aromatic rings. The normalized spacial score (nSPS) is 13.5. The van der Waals surface area contributed by atoms with E-state index in [1.807, 2.05) is 0 Å². The molecule has 24 heavy (non-hydrogen) atoms. The molecule has 1 atom stereocenters. The summed E-state index contributed by atoms with van der Waals surface area (Å²) in [5, 5.41) is 2.92. The fourth-order valence-corrected chi connectivity index (χ4v) is 3.05. The van der Waals surface area contributed by atoms with E-state index in [0.717, 1.165) is 0 Å². The zero-order valence-corrected chi connectivity index (χ0v) is 13.3. The lowest BCUT2D eigenvalue weighted by atomic mass is 10.2. The van der Waals surface area contributed by atoms with E-state index in [1.165, 1.54) is 7.11 Å². The Morgan fingerprint density at radius 2 is 2.12 bits per heavy atom. The highest BCUT2D eigenvalue weighted by Gasteiger charge is 2.35. The van der Waals surface area contributed by atoms with Crippen LogP contribution in [-0.2, 0) is 17.3 Å². The first-order valence-electron chi connectivity index (χ1n) is 6.92. The molecule has 0 amide bonds. The van der Waals surface area contributed by atoms with Crippen LogP contribution in [0.5, 0.6) is 0 Å². The molecule has 0 saturated heterocycles. The van der Waals surface area contributed by atoms with Gasteiger partial charge in [-0.25, -0.2) is 4.98 Å². The van der Waals surface area contributed by atoms with Gasteiger partial charge in [0.25, 0.3) is 0 Å². The van der Waals surface area contributed by atoms with Gasteiger partial charge in [-0.2, -0.15) is 18.2 Å². The van der Waals surface area contributed by atoms with Gasteiger partial charge in [-0.05, 0) is 12.1 Å². The molecule has 0 spiro atoms. The lowest BCUT2D eigenvalue weighted by Gasteiger charge is -2.05. The highest BCUT2D eigenvalue weighted by atomic mass is 32.1. The molecule has 0 radical (unpaired) electrons. The maximum atomic E-state index is 12.9. The minimum absolute atomic E-state index is 0.180. The number of methoxy groups -OCH3 is 1. The molecule has 3 rings (SSSR count). The fraction of sp³-hybridized carbons (Fsp3) is 0.357. The van der Waals surface area contributed by atoms with E-state index in [0.29, 0.717) is 34.6 Å². The number of aromatic nitrogens is 3. The van der Waals surface area contributed by atoms with Gasteiger partial charge in [0.2, 0.25) is 11.7 Å². The molecule has 10 heteroatoms. The Morgan fingerprint density at radius 3 is 2.83 bits per heavy atom. The van der Waals surface area contributed by atoms with Crippen LogP contribution in [0.15, 0.2) is 22.7 Å². The van der Waals surface area contributed by atoms with E-state index in [1.54, 1.807) is 18.2 Å². The number of ether oxygens (including phenoxy) is 1. The van der Waals surface area contributed by atoms with E-state index >= 15 is 0 Å². The largest absolute Gasteiger partial charge is 0.443 e. The molecule has 0 saturated carbocycles. The smallest absolute Gasteiger partial charge is 0.383 e. The molecular weight excluding hydrogens is 345 g/mol. The van der Waals surface area contributed by atoms with Crippen molar-refractivity contribution in [3.05, 3.63) is 29.1 Å². The highest BCUT2D eigenvalue weighted by Crippen LogP contribution is 2.38. The first kappa shape index (κ1) is 16.8. The SMILES string of the molecule is COC[C@H](N)Cc1nc(-c2cccc3sc(C(F)(F)F)nc23)no1. The Morgan fingerprint density at radius 1 is 1.33 bits per heavy atom. The lowest BCUT2D eigenvalue weighted by Crippen LogP contribution is -2.28. The average molecular weight is 358 g/mol. The van der Waals surface area contributed by atoms with Crippen molar-refractivity contribution >= 4 is 21.6 Å². The van der Waals surface area contributed by atoms with E-state index in [2.05, 4.69) is 15.1 Å². The van der Waals surface area contributed by atoms with Crippen LogP contribution in [0.2, 0.25) is 0 Å². The van der Waals surface area contributed by atoms with Crippen molar-refractivity contribution in [2.24, 2.45) is 5.73 Å². The molecule has 0 bridgehead atoms. The molecule has 0 aliphatic rings. The Balaban J connectivity index is 1.95. The summed E-state index contributed by atoms with van der Waals surface area (Å²) in [7, 11) is 1.53. The van der Waals surface area contributed by atoms with E-state index in [4.69, 9.17) is 15.0 Å². The van der Waals surface area contributed by atoms with Crippen molar-refractivity contribution in [2.45, 2.75) is 18.6 Å². The summed E-state index contributed by atoms with van der Waals surface area (Å²) >= 11 is 0.578. The number of rotatable bonds is 5. The van der Waals surface area contributed by atoms with Crippen molar-refractivity contribution in [3.63, 3.8) is 0 Å². The lowest BCUT2D eigenvalue weighted by molar-refractivity contribution is -0.137. The van der Waals surface area contributed by atoms with Gasteiger partial charge in [-0.1, -0.05) is 11.2 Å². The molecule has 0 aliphatic heterocycles. The van der Waals surface area contributed by atoms with Gasteiger partial charge in [0.1, 0.15) is 0 Å². The van der Waals surface area contributed by atoms with Crippen LogP contribution in [0.25, 0.3) is 21.6 Å². The maximum absolute atomic E-state index is 12.9. The Bertz CT molecular complexity index is 846. The molecule has 0 aliphatic carbocycles. The molecular formula is C14H13F3N4O2S. The molecule has 6 nitrogen and oxygen atoms in total. The number of hydrogen-bond donors (Lipinski definition) is 1. The second-order valence-electron chi connectivity index (χ2n) is 5.10. The minimum atomic E-state index is -4.49. The third kappa shape index (κ3) is 3.40. The summed E-state index contributed by atoms with van der Waals surface area (Å²) in [5.74, 6) is 0.470. The van der Waals surface area contributed by atoms with E-state index < -0.39 is 11.2 Å². The Kier molecular flexibility index (Phi) is 4.52. The van der Waals surface area contributed by atoms with Crippen LogP contribution in [0.4, 0.5) is 13.2 Å². The van der Waals surface area contributed by atoms with Crippen LogP contribution in [0.3, 0.4) is 0 Å². The van der Waals surface area contributed by atoms with Gasteiger partial charge < -0.3 is 15.0 Å². The number of para-hydroxylation sites is 1. The molecule has 1 aromatic carbocycles. The van der Waals surface area contributed by atoms with Gasteiger partial charge in [0, 0.05) is 25.1 Å². The molecule has 128 valence electrons. The average Bonchev–Trinajstić information content (AvgIpc) is 3.12. The van der Waals surface area contributed by atoms with Gasteiger partial charge in [0.15, 0.2) is 5.01 Å². The molecule has 2 N–H and O–H groups in total. The predicted octanol–water partition coefficient (Wildman–Crippen LogP) is 2.88.